The van der Waals surface area contributed by atoms with Gasteiger partial charge in [-0.1, -0.05) is 6.07 Å². The van der Waals surface area contributed by atoms with Crippen molar-refractivity contribution in [1.29, 1.82) is 0 Å². The van der Waals surface area contributed by atoms with Crippen molar-refractivity contribution in [3.05, 3.63) is 29.8 Å². The van der Waals surface area contributed by atoms with Gasteiger partial charge in [0.2, 0.25) is 0 Å². The number of ether oxygens (including phenoxy) is 1. The predicted octanol–water partition coefficient (Wildman–Crippen LogP) is 3.56. The molecule has 22 heavy (non-hydrogen) atoms. The molecule has 1 aromatic carbocycles. The van der Waals surface area contributed by atoms with Crippen LogP contribution in [0.1, 0.15) is 50.9 Å². The van der Waals surface area contributed by atoms with E-state index in [-0.39, 0.29) is 11.9 Å². The van der Waals surface area contributed by atoms with Crippen LogP contribution in [0.15, 0.2) is 24.3 Å². The Morgan fingerprint density at radius 3 is 2.55 bits per heavy atom. The lowest BCUT2D eigenvalue weighted by Crippen LogP contribution is -2.34. The lowest BCUT2D eigenvalue weighted by atomic mass is 10.1. The highest BCUT2D eigenvalue weighted by molar-refractivity contribution is 5.96. The Labute approximate surface area is 131 Å². The summed E-state index contributed by atoms with van der Waals surface area (Å²) < 4.78 is 5.20. The maximum absolute atomic E-state index is 12.2. The van der Waals surface area contributed by atoms with Crippen molar-refractivity contribution >= 4 is 17.7 Å². The normalized spacial score (nSPS) is 15.8. The van der Waals surface area contributed by atoms with Gasteiger partial charge in [-0.15, -0.1) is 0 Å². The molecular weight excluding hydrogens is 280 g/mol. The standard InChI is InChI=1S/C17H24N2O3/c1-11(12-8-9-12)18-15(20)13-6-5-7-14(10-13)19-16(21)22-17(2,3)4/h5-7,10-12H,8-9H2,1-4H3,(H,18,20)(H,19,21)/t11-/m1/s1. The average molecular weight is 304 g/mol. The van der Waals surface area contributed by atoms with E-state index in [1.54, 1.807) is 45.0 Å². The monoisotopic (exact) mass is 304 g/mol. The molecule has 1 saturated carbocycles. The van der Waals surface area contributed by atoms with Crippen LogP contribution in [-0.4, -0.2) is 23.6 Å². The van der Waals surface area contributed by atoms with E-state index in [1.807, 2.05) is 6.92 Å². The molecule has 0 saturated heterocycles. The van der Waals surface area contributed by atoms with Gasteiger partial charge < -0.3 is 10.1 Å². The number of rotatable bonds is 4. The number of benzene rings is 1. The van der Waals surface area contributed by atoms with Crippen molar-refractivity contribution in [2.75, 3.05) is 5.32 Å². The zero-order chi connectivity index (χ0) is 16.3. The molecule has 5 nitrogen and oxygen atoms in total. The third-order valence-electron chi connectivity index (χ3n) is 3.46. The summed E-state index contributed by atoms with van der Waals surface area (Å²) in [6.45, 7) is 7.43. The van der Waals surface area contributed by atoms with Crippen molar-refractivity contribution in [3.8, 4) is 0 Å². The highest BCUT2D eigenvalue weighted by Crippen LogP contribution is 2.32. The van der Waals surface area contributed by atoms with E-state index in [0.29, 0.717) is 17.2 Å². The molecule has 2 amide bonds. The van der Waals surface area contributed by atoms with Crippen LogP contribution in [0.3, 0.4) is 0 Å². The first-order valence-electron chi connectivity index (χ1n) is 7.65. The van der Waals surface area contributed by atoms with E-state index < -0.39 is 11.7 Å². The van der Waals surface area contributed by atoms with Gasteiger partial charge in [0.1, 0.15) is 5.60 Å². The van der Waals surface area contributed by atoms with Crippen molar-refractivity contribution in [3.63, 3.8) is 0 Å². The van der Waals surface area contributed by atoms with Crippen LogP contribution >= 0.6 is 0 Å². The lowest BCUT2D eigenvalue weighted by molar-refractivity contribution is 0.0635. The zero-order valence-electron chi connectivity index (χ0n) is 13.6. The number of anilines is 1. The summed E-state index contributed by atoms with van der Waals surface area (Å²) in [5, 5.41) is 5.64. The average Bonchev–Trinajstić information content (AvgIpc) is 3.20. The van der Waals surface area contributed by atoms with Crippen molar-refractivity contribution < 1.29 is 14.3 Å². The number of amides is 2. The minimum Gasteiger partial charge on any atom is -0.444 e. The number of nitrogens with one attached hydrogen (secondary N) is 2. The Bertz CT molecular complexity index is 559. The maximum atomic E-state index is 12.2. The highest BCUT2D eigenvalue weighted by Gasteiger charge is 2.29. The summed E-state index contributed by atoms with van der Waals surface area (Å²) in [6.07, 6.45) is 1.83. The van der Waals surface area contributed by atoms with Crippen molar-refractivity contribution in [2.24, 2.45) is 5.92 Å². The molecule has 5 heteroatoms. The molecule has 0 heterocycles. The number of hydrogen-bond donors (Lipinski definition) is 2. The SMILES string of the molecule is C[C@@H](NC(=O)c1cccc(NC(=O)OC(C)(C)C)c1)C1CC1. The lowest BCUT2D eigenvalue weighted by Gasteiger charge is -2.19. The fourth-order valence-electron chi connectivity index (χ4n) is 2.16. The second-order valence-electron chi connectivity index (χ2n) is 6.81. The first-order valence-corrected chi connectivity index (χ1v) is 7.65. The molecule has 1 aromatic rings. The quantitative estimate of drug-likeness (QED) is 0.893. The molecular formula is C17H24N2O3. The van der Waals surface area contributed by atoms with Crippen LogP contribution in [-0.2, 0) is 4.74 Å². The van der Waals surface area contributed by atoms with Gasteiger partial charge in [-0.05, 0) is 64.7 Å². The van der Waals surface area contributed by atoms with E-state index >= 15 is 0 Å². The van der Waals surface area contributed by atoms with Gasteiger partial charge >= 0.3 is 6.09 Å². The largest absolute Gasteiger partial charge is 0.444 e. The van der Waals surface area contributed by atoms with Crippen molar-refractivity contribution in [2.45, 2.75) is 52.2 Å². The Morgan fingerprint density at radius 1 is 1.27 bits per heavy atom. The fourth-order valence-corrected chi connectivity index (χ4v) is 2.16. The van der Waals surface area contributed by atoms with E-state index in [1.165, 1.54) is 12.8 Å². The molecule has 1 aliphatic rings. The highest BCUT2D eigenvalue weighted by atomic mass is 16.6. The van der Waals surface area contributed by atoms with Crippen LogP contribution in [0.25, 0.3) is 0 Å². The van der Waals surface area contributed by atoms with Gasteiger partial charge in [-0.2, -0.15) is 0 Å². The van der Waals surface area contributed by atoms with E-state index in [9.17, 15) is 9.59 Å². The third kappa shape index (κ3) is 5.06. The molecule has 1 aliphatic carbocycles. The van der Waals surface area contributed by atoms with Gasteiger partial charge in [-0.3, -0.25) is 10.1 Å². The molecule has 1 atom stereocenters. The summed E-state index contributed by atoms with van der Waals surface area (Å²) in [5.74, 6) is 0.485. The zero-order valence-corrected chi connectivity index (χ0v) is 13.6. The molecule has 120 valence electrons. The second-order valence-corrected chi connectivity index (χ2v) is 6.81. The van der Waals surface area contributed by atoms with Gasteiger partial charge in [-0.25, -0.2) is 4.79 Å². The molecule has 0 spiro atoms. The van der Waals surface area contributed by atoms with Crippen molar-refractivity contribution in [1.82, 2.24) is 5.32 Å². The molecule has 0 unspecified atom stereocenters. The number of hydrogen-bond acceptors (Lipinski definition) is 3. The Hall–Kier alpha value is -2.04. The van der Waals surface area contributed by atoms with E-state index in [4.69, 9.17) is 4.74 Å². The summed E-state index contributed by atoms with van der Waals surface area (Å²) in [4.78, 5) is 23.9. The number of carbonyl (C=O) groups excluding carboxylic acids is 2. The van der Waals surface area contributed by atoms with Crippen LogP contribution < -0.4 is 10.6 Å². The first kappa shape index (κ1) is 16.3. The fraction of sp³-hybridized carbons (Fsp3) is 0.529. The molecule has 0 radical (unpaired) electrons. The minimum atomic E-state index is -0.557. The first-order chi connectivity index (χ1) is 10.2. The van der Waals surface area contributed by atoms with Crippen LogP contribution in [0.4, 0.5) is 10.5 Å². The predicted molar refractivity (Wildman–Crippen MR) is 86.0 cm³/mol. The molecule has 2 rings (SSSR count). The Morgan fingerprint density at radius 2 is 1.95 bits per heavy atom. The summed E-state index contributed by atoms with van der Waals surface area (Å²) >= 11 is 0. The van der Waals surface area contributed by atoms with Gasteiger partial charge in [0.25, 0.3) is 5.91 Å². The molecule has 0 bridgehead atoms. The smallest absolute Gasteiger partial charge is 0.412 e. The van der Waals surface area contributed by atoms with E-state index in [2.05, 4.69) is 10.6 Å². The Kier molecular flexibility index (Phi) is 4.74. The Balaban J connectivity index is 1.96. The van der Waals surface area contributed by atoms with Crippen LogP contribution in [0.2, 0.25) is 0 Å². The van der Waals surface area contributed by atoms with E-state index in [0.717, 1.165) is 0 Å². The van der Waals surface area contributed by atoms with Crippen LogP contribution in [0.5, 0.6) is 0 Å². The summed E-state index contributed by atoms with van der Waals surface area (Å²) in [5.41, 5.74) is 0.515. The summed E-state index contributed by atoms with van der Waals surface area (Å²) in [7, 11) is 0. The molecule has 0 aliphatic heterocycles. The van der Waals surface area contributed by atoms with Gasteiger partial charge in [0, 0.05) is 17.3 Å². The third-order valence-corrected chi connectivity index (χ3v) is 3.46. The maximum Gasteiger partial charge on any atom is 0.412 e. The second kappa shape index (κ2) is 6.38. The minimum absolute atomic E-state index is 0.118. The number of carbonyl (C=O) groups is 2. The summed E-state index contributed by atoms with van der Waals surface area (Å²) in [6, 6.07) is 7.04. The molecule has 2 N–H and O–H groups in total. The molecule has 0 aromatic heterocycles. The van der Waals surface area contributed by atoms with Gasteiger partial charge in [0.05, 0.1) is 0 Å². The van der Waals surface area contributed by atoms with Gasteiger partial charge in [0.15, 0.2) is 0 Å². The molecule has 1 fully saturated rings. The van der Waals surface area contributed by atoms with Crippen LogP contribution in [0, 0.1) is 5.92 Å². The topological polar surface area (TPSA) is 67.4 Å².